The highest BCUT2D eigenvalue weighted by Gasteiger charge is 2.39. The molecule has 2 heterocycles. The number of hydrogen-bond acceptors (Lipinski definition) is 2. The molecule has 0 saturated carbocycles. The van der Waals surface area contributed by atoms with E-state index in [2.05, 4.69) is 50.1 Å². The second kappa shape index (κ2) is 4.91. The van der Waals surface area contributed by atoms with Crippen LogP contribution in [-0.4, -0.2) is 12.6 Å². The fourth-order valence-corrected chi connectivity index (χ4v) is 4.44. The molecule has 0 spiro atoms. The SMILES string of the molecule is C=C(C(C)C)C1NC(C)=CC2=C1CC1CNC3=CCCC2=C31. The molecule has 1 saturated heterocycles. The average molecular weight is 294 g/mol. The summed E-state index contributed by atoms with van der Waals surface area (Å²) in [6.45, 7) is 12.2. The lowest BCUT2D eigenvalue weighted by Crippen LogP contribution is -2.38. The van der Waals surface area contributed by atoms with Crippen molar-refractivity contribution in [2.24, 2.45) is 11.8 Å². The molecule has 2 aliphatic heterocycles. The molecule has 0 bridgehead atoms. The van der Waals surface area contributed by atoms with Crippen molar-refractivity contribution in [3.63, 3.8) is 0 Å². The summed E-state index contributed by atoms with van der Waals surface area (Å²) in [5, 5.41) is 7.33. The van der Waals surface area contributed by atoms with E-state index in [1.807, 2.05) is 0 Å². The van der Waals surface area contributed by atoms with Crippen LogP contribution in [0.1, 0.15) is 40.0 Å². The number of hydrogen-bond donors (Lipinski definition) is 2. The van der Waals surface area contributed by atoms with E-state index in [1.165, 1.54) is 41.8 Å². The summed E-state index contributed by atoms with van der Waals surface area (Å²) in [7, 11) is 0. The number of nitrogens with one attached hydrogen (secondary N) is 2. The summed E-state index contributed by atoms with van der Waals surface area (Å²) < 4.78 is 0. The van der Waals surface area contributed by atoms with Gasteiger partial charge in [0.05, 0.1) is 6.04 Å². The minimum atomic E-state index is 0.323. The van der Waals surface area contributed by atoms with Crippen molar-refractivity contribution in [1.29, 1.82) is 0 Å². The number of rotatable bonds is 2. The van der Waals surface area contributed by atoms with E-state index < -0.39 is 0 Å². The average Bonchev–Trinajstić information content (AvgIpc) is 2.91. The molecule has 2 nitrogen and oxygen atoms in total. The Kier molecular flexibility index (Phi) is 3.11. The van der Waals surface area contributed by atoms with Crippen LogP contribution in [0.2, 0.25) is 0 Å². The van der Waals surface area contributed by atoms with Gasteiger partial charge in [-0.05, 0) is 66.0 Å². The lowest BCUT2D eigenvalue weighted by Gasteiger charge is -2.38. The van der Waals surface area contributed by atoms with Gasteiger partial charge in [-0.2, -0.15) is 0 Å². The van der Waals surface area contributed by atoms with E-state index in [9.17, 15) is 0 Å². The highest BCUT2D eigenvalue weighted by Crippen LogP contribution is 2.47. The second-order valence-electron chi connectivity index (χ2n) is 7.40. The Hall–Kier alpha value is -1.70. The third kappa shape index (κ3) is 1.93. The molecule has 0 aromatic heterocycles. The maximum absolute atomic E-state index is 4.40. The zero-order valence-corrected chi connectivity index (χ0v) is 13.9. The number of fused-ring (bicyclic) bond motifs is 1. The van der Waals surface area contributed by atoms with E-state index in [0.29, 0.717) is 17.9 Å². The van der Waals surface area contributed by atoms with Gasteiger partial charge in [0.15, 0.2) is 0 Å². The summed E-state index contributed by atoms with van der Waals surface area (Å²) in [5.74, 6) is 1.17. The second-order valence-corrected chi connectivity index (χ2v) is 7.40. The molecule has 4 rings (SSSR count). The van der Waals surface area contributed by atoms with Crippen LogP contribution in [-0.2, 0) is 0 Å². The molecule has 4 aliphatic rings. The first-order valence-corrected chi connectivity index (χ1v) is 8.60. The Balaban J connectivity index is 1.84. The van der Waals surface area contributed by atoms with Crippen LogP contribution in [0.5, 0.6) is 0 Å². The van der Waals surface area contributed by atoms with Crippen LogP contribution >= 0.6 is 0 Å². The molecule has 116 valence electrons. The highest BCUT2D eigenvalue weighted by atomic mass is 15.0. The number of dihydropyridines is 1. The zero-order chi connectivity index (χ0) is 15.4. The lowest BCUT2D eigenvalue weighted by molar-refractivity contribution is 0.543. The van der Waals surface area contributed by atoms with Gasteiger partial charge in [-0.3, -0.25) is 0 Å². The van der Waals surface area contributed by atoms with Crippen molar-refractivity contribution in [3.8, 4) is 0 Å². The molecule has 2 N–H and O–H groups in total. The Morgan fingerprint density at radius 2 is 2.18 bits per heavy atom. The molecule has 2 atom stereocenters. The fraction of sp³-hybridized carbons (Fsp3) is 0.500. The first-order chi connectivity index (χ1) is 10.6. The van der Waals surface area contributed by atoms with E-state index in [4.69, 9.17) is 0 Å². The van der Waals surface area contributed by atoms with Crippen molar-refractivity contribution in [2.75, 3.05) is 6.54 Å². The van der Waals surface area contributed by atoms with Gasteiger partial charge in [-0.15, -0.1) is 0 Å². The molecular formula is C20H26N2. The van der Waals surface area contributed by atoms with Gasteiger partial charge in [0.1, 0.15) is 0 Å². The van der Waals surface area contributed by atoms with Gasteiger partial charge in [0.25, 0.3) is 0 Å². The van der Waals surface area contributed by atoms with Crippen LogP contribution in [0.15, 0.2) is 58.0 Å². The van der Waals surface area contributed by atoms with Crippen LogP contribution in [0, 0.1) is 11.8 Å². The minimum Gasteiger partial charge on any atom is -0.384 e. The first kappa shape index (κ1) is 13.9. The topological polar surface area (TPSA) is 24.1 Å². The minimum absolute atomic E-state index is 0.323. The van der Waals surface area contributed by atoms with E-state index in [-0.39, 0.29) is 0 Å². The normalized spacial score (nSPS) is 29.5. The van der Waals surface area contributed by atoms with Crippen molar-refractivity contribution in [2.45, 2.75) is 46.1 Å². The van der Waals surface area contributed by atoms with E-state index >= 15 is 0 Å². The van der Waals surface area contributed by atoms with E-state index in [0.717, 1.165) is 6.54 Å². The van der Waals surface area contributed by atoms with Gasteiger partial charge < -0.3 is 10.6 Å². The maximum Gasteiger partial charge on any atom is 0.0693 e. The Labute approximate surface area is 133 Å². The van der Waals surface area contributed by atoms with Crippen molar-refractivity contribution >= 4 is 0 Å². The van der Waals surface area contributed by atoms with Gasteiger partial charge in [0.2, 0.25) is 0 Å². The zero-order valence-electron chi connectivity index (χ0n) is 13.9. The fourth-order valence-electron chi connectivity index (χ4n) is 4.44. The summed E-state index contributed by atoms with van der Waals surface area (Å²) in [5.41, 5.74) is 10.3. The van der Waals surface area contributed by atoms with E-state index in [1.54, 1.807) is 16.7 Å². The van der Waals surface area contributed by atoms with Gasteiger partial charge in [0, 0.05) is 23.9 Å². The van der Waals surface area contributed by atoms with Crippen LogP contribution < -0.4 is 10.6 Å². The Bertz CT molecular complexity index is 670. The summed E-state index contributed by atoms with van der Waals surface area (Å²) in [4.78, 5) is 0. The lowest BCUT2D eigenvalue weighted by atomic mass is 9.71. The Morgan fingerprint density at radius 3 is 2.95 bits per heavy atom. The van der Waals surface area contributed by atoms with Crippen LogP contribution in [0.4, 0.5) is 0 Å². The summed E-state index contributed by atoms with van der Waals surface area (Å²) in [6.07, 6.45) is 8.30. The van der Waals surface area contributed by atoms with Gasteiger partial charge in [-0.25, -0.2) is 0 Å². The van der Waals surface area contributed by atoms with Gasteiger partial charge in [-0.1, -0.05) is 26.5 Å². The van der Waals surface area contributed by atoms with Crippen molar-refractivity contribution < 1.29 is 0 Å². The van der Waals surface area contributed by atoms with Crippen molar-refractivity contribution in [3.05, 3.63) is 58.0 Å². The molecule has 0 amide bonds. The highest BCUT2D eigenvalue weighted by molar-refractivity contribution is 5.61. The molecule has 2 heteroatoms. The van der Waals surface area contributed by atoms with Gasteiger partial charge >= 0.3 is 0 Å². The predicted octanol–water partition coefficient (Wildman–Crippen LogP) is 3.97. The molecule has 22 heavy (non-hydrogen) atoms. The third-order valence-corrected chi connectivity index (χ3v) is 5.64. The van der Waals surface area contributed by atoms with Crippen molar-refractivity contribution in [1.82, 2.24) is 10.6 Å². The third-order valence-electron chi connectivity index (χ3n) is 5.64. The molecular weight excluding hydrogens is 268 g/mol. The maximum atomic E-state index is 4.40. The molecule has 0 aromatic carbocycles. The van der Waals surface area contributed by atoms with Crippen LogP contribution in [0.25, 0.3) is 0 Å². The molecule has 0 aromatic rings. The quantitative estimate of drug-likeness (QED) is 0.753. The predicted molar refractivity (Wildman–Crippen MR) is 92.1 cm³/mol. The monoisotopic (exact) mass is 294 g/mol. The number of allylic oxidation sites excluding steroid dienone is 6. The smallest absolute Gasteiger partial charge is 0.0693 e. The molecule has 2 unspecified atom stereocenters. The molecule has 0 radical (unpaired) electrons. The summed E-state index contributed by atoms with van der Waals surface area (Å²) >= 11 is 0. The summed E-state index contributed by atoms with van der Waals surface area (Å²) in [6, 6.07) is 0.323. The molecule has 2 aliphatic carbocycles. The largest absolute Gasteiger partial charge is 0.384 e. The molecule has 1 fully saturated rings. The Morgan fingerprint density at radius 1 is 1.36 bits per heavy atom. The van der Waals surface area contributed by atoms with Crippen LogP contribution in [0.3, 0.4) is 0 Å². The standard InChI is InChI=1S/C20H26N2/c1-11(2)13(4)20-17-9-14-10-21-18-7-5-6-15(19(14)18)16(17)8-12(3)22-20/h7-8,11,14,20-22H,4-6,9-10H2,1-3H3. The first-order valence-electron chi connectivity index (χ1n) is 8.60.